The SMILES string of the molecule is CC1(C)CNC(=O)C1Oc1cccc(C#N)c1C(F)(F)F. The van der Waals surface area contributed by atoms with E-state index in [1.54, 1.807) is 13.8 Å². The Morgan fingerprint density at radius 2 is 2.10 bits per heavy atom. The summed E-state index contributed by atoms with van der Waals surface area (Å²) in [5.41, 5.74) is -2.32. The van der Waals surface area contributed by atoms with Crippen molar-refractivity contribution in [1.29, 1.82) is 5.26 Å². The summed E-state index contributed by atoms with van der Waals surface area (Å²) >= 11 is 0. The molecule has 2 rings (SSSR count). The molecule has 0 spiro atoms. The second-order valence-electron chi connectivity index (χ2n) is 5.49. The zero-order valence-electron chi connectivity index (χ0n) is 11.4. The fourth-order valence-corrected chi connectivity index (χ4v) is 2.21. The van der Waals surface area contributed by atoms with E-state index in [-0.39, 0.29) is 0 Å². The molecule has 0 aromatic heterocycles. The summed E-state index contributed by atoms with van der Waals surface area (Å²) in [4.78, 5) is 11.7. The first-order valence-electron chi connectivity index (χ1n) is 6.21. The lowest BCUT2D eigenvalue weighted by Crippen LogP contribution is -2.36. The van der Waals surface area contributed by atoms with Crippen LogP contribution in [0.1, 0.15) is 25.0 Å². The van der Waals surface area contributed by atoms with Gasteiger partial charge in [-0.3, -0.25) is 4.79 Å². The summed E-state index contributed by atoms with van der Waals surface area (Å²) in [5.74, 6) is -0.966. The number of benzene rings is 1. The number of hydrogen-bond donors (Lipinski definition) is 1. The van der Waals surface area contributed by atoms with E-state index < -0.39 is 40.5 Å². The van der Waals surface area contributed by atoms with Crippen molar-refractivity contribution in [3.8, 4) is 11.8 Å². The Labute approximate surface area is 119 Å². The number of carbonyl (C=O) groups is 1. The topological polar surface area (TPSA) is 62.1 Å². The van der Waals surface area contributed by atoms with Gasteiger partial charge in [0.25, 0.3) is 5.91 Å². The summed E-state index contributed by atoms with van der Waals surface area (Å²) in [5, 5.41) is 11.4. The van der Waals surface area contributed by atoms with Gasteiger partial charge in [0, 0.05) is 12.0 Å². The zero-order chi connectivity index (χ0) is 15.8. The highest BCUT2D eigenvalue weighted by molar-refractivity contribution is 5.84. The molecule has 0 bridgehead atoms. The first kappa shape index (κ1) is 15.2. The highest BCUT2D eigenvalue weighted by atomic mass is 19.4. The van der Waals surface area contributed by atoms with E-state index in [1.165, 1.54) is 12.1 Å². The van der Waals surface area contributed by atoms with Gasteiger partial charge in [0.1, 0.15) is 11.3 Å². The Balaban J connectivity index is 2.46. The molecule has 4 nitrogen and oxygen atoms in total. The van der Waals surface area contributed by atoms with E-state index >= 15 is 0 Å². The van der Waals surface area contributed by atoms with E-state index in [9.17, 15) is 18.0 Å². The molecule has 0 radical (unpaired) electrons. The zero-order valence-corrected chi connectivity index (χ0v) is 11.4. The molecule has 1 fully saturated rings. The fraction of sp³-hybridized carbons (Fsp3) is 0.429. The standard InChI is InChI=1S/C14H13F3N2O2/c1-13(2)7-19-12(20)11(13)21-9-5-3-4-8(6-18)10(9)14(15,16)17/h3-5,11H,7H2,1-2H3,(H,19,20). The molecule has 7 heteroatoms. The third-order valence-electron chi connectivity index (χ3n) is 3.34. The van der Waals surface area contributed by atoms with Gasteiger partial charge in [-0.15, -0.1) is 0 Å². The molecule has 1 aromatic carbocycles. The van der Waals surface area contributed by atoms with Gasteiger partial charge in [0.2, 0.25) is 0 Å². The van der Waals surface area contributed by atoms with Crippen LogP contribution >= 0.6 is 0 Å². The van der Waals surface area contributed by atoms with Gasteiger partial charge in [0.05, 0.1) is 11.6 Å². The number of carbonyl (C=O) groups excluding carboxylic acids is 1. The number of alkyl halides is 3. The number of hydrogen-bond acceptors (Lipinski definition) is 3. The number of halogens is 3. The van der Waals surface area contributed by atoms with Crippen LogP contribution in [0.4, 0.5) is 13.2 Å². The van der Waals surface area contributed by atoms with Crippen molar-refractivity contribution < 1.29 is 22.7 Å². The molecule has 1 heterocycles. The van der Waals surface area contributed by atoms with Crippen molar-refractivity contribution in [3.05, 3.63) is 29.3 Å². The van der Waals surface area contributed by atoms with Crippen LogP contribution in [-0.2, 0) is 11.0 Å². The number of ether oxygens (including phenoxy) is 1. The van der Waals surface area contributed by atoms with Gasteiger partial charge in [-0.2, -0.15) is 18.4 Å². The number of nitrogens with zero attached hydrogens (tertiary/aromatic N) is 1. The van der Waals surface area contributed by atoms with Gasteiger partial charge < -0.3 is 10.1 Å². The molecule has 1 atom stereocenters. The minimum atomic E-state index is -4.74. The van der Waals surface area contributed by atoms with Crippen LogP contribution in [0.15, 0.2) is 18.2 Å². The Morgan fingerprint density at radius 3 is 2.57 bits per heavy atom. The van der Waals surface area contributed by atoms with Crippen LogP contribution in [0.25, 0.3) is 0 Å². The molecule has 1 amide bonds. The molecule has 0 aliphatic carbocycles. The van der Waals surface area contributed by atoms with Crippen LogP contribution < -0.4 is 10.1 Å². The molecular weight excluding hydrogens is 285 g/mol. The smallest absolute Gasteiger partial charge is 0.421 e. The van der Waals surface area contributed by atoms with Crippen molar-refractivity contribution in [3.63, 3.8) is 0 Å². The molecule has 1 aliphatic heterocycles. The fourth-order valence-electron chi connectivity index (χ4n) is 2.21. The lowest BCUT2D eigenvalue weighted by atomic mass is 9.89. The van der Waals surface area contributed by atoms with Crippen LogP contribution in [0.5, 0.6) is 5.75 Å². The quantitative estimate of drug-likeness (QED) is 0.912. The van der Waals surface area contributed by atoms with Crippen LogP contribution in [0, 0.1) is 16.7 Å². The van der Waals surface area contributed by atoms with E-state index in [4.69, 9.17) is 10.00 Å². The van der Waals surface area contributed by atoms with Crippen molar-refractivity contribution in [2.24, 2.45) is 5.41 Å². The molecule has 1 aromatic rings. The van der Waals surface area contributed by atoms with Crippen molar-refractivity contribution in [2.45, 2.75) is 26.1 Å². The third-order valence-corrected chi connectivity index (χ3v) is 3.34. The molecular formula is C14H13F3N2O2. The Hall–Kier alpha value is -2.23. The minimum absolute atomic E-state index is 0.315. The predicted molar refractivity (Wildman–Crippen MR) is 67.4 cm³/mol. The average Bonchev–Trinajstić information content (AvgIpc) is 2.64. The Bertz CT molecular complexity index is 618. The van der Waals surface area contributed by atoms with Gasteiger partial charge in [-0.1, -0.05) is 19.9 Å². The molecule has 1 unspecified atom stereocenters. The van der Waals surface area contributed by atoms with E-state index in [0.717, 1.165) is 12.1 Å². The van der Waals surface area contributed by atoms with Crippen molar-refractivity contribution in [1.82, 2.24) is 5.32 Å². The first-order chi connectivity index (χ1) is 9.66. The monoisotopic (exact) mass is 298 g/mol. The summed E-state index contributed by atoms with van der Waals surface area (Å²) < 4.78 is 44.7. The lowest BCUT2D eigenvalue weighted by Gasteiger charge is -2.26. The second kappa shape index (κ2) is 4.95. The van der Waals surface area contributed by atoms with E-state index in [1.807, 2.05) is 0 Å². The van der Waals surface area contributed by atoms with Crippen LogP contribution in [0.2, 0.25) is 0 Å². The summed E-state index contributed by atoms with van der Waals surface area (Å²) in [6.07, 6.45) is -5.77. The maximum atomic E-state index is 13.1. The summed E-state index contributed by atoms with van der Waals surface area (Å²) in [6, 6.07) is 4.97. The Morgan fingerprint density at radius 1 is 1.43 bits per heavy atom. The molecule has 112 valence electrons. The highest BCUT2D eigenvalue weighted by Gasteiger charge is 2.45. The maximum Gasteiger partial charge on any atom is 0.421 e. The minimum Gasteiger partial charge on any atom is -0.479 e. The van der Waals surface area contributed by atoms with Gasteiger partial charge >= 0.3 is 6.18 Å². The average molecular weight is 298 g/mol. The highest BCUT2D eigenvalue weighted by Crippen LogP contribution is 2.40. The molecule has 1 aliphatic rings. The molecule has 0 saturated carbocycles. The Kier molecular flexibility index (Phi) is 3.58. The summed E-state index contributed by atoms with van der Waals surface area (Å²) in [6.45, 7) is 3.75. The second-order valence-corrected chi connectivity index (χ2v) is 5.49. The normalized spacial score (nSPS) is 20.8. The summed E-state index contributed by atoms with van der Waals surface area (Å²) in [7, 11) is 0. The first-order valence-corrected chi connectivity index (χ1v) is 6.21. The predicted octanol–water partition coefficient (Wildman–Crippen LogP) is 2.48. The van der Waals surface area contributed by atoms with Gasteiger partial charge in [0.15, 0.2) is 6.10 Å². The number of nitriles is 1. The third kappa shape index (κ3) is 2.79. The van der Waals surface area contributed by atoms with Gasteiger partial charge in [-0.05, 0) is 12.1 Å². The van der Waals surface area contributed by atoms with Crippen LogP contribution in [0.3, 0.4) is 0 Å². The van der Waals surface area contributed by atoms with Crippen LogP contribution in [-0.4, -0.2) is 18.6 Å². The van der Waals surface area contributed by atoms with Crippen molar-refractivity contribution >= 4 is 5.91 Å². The molecule has 21 heavy (non-hydrogen) atoms. The molecule has 1 N–H and O–H groups in total. The maximum absolute atomic E-state index is 13.1. The molecule has 1 saturated heterocycles. The van der Waals surface area contributed by atoms with E-state index in [2.05, 4.69) is 5.32 Å². The lowest BCUT2D eigenvalue weighted by molar-refractivity contribution is -0.141. The number of rotatable bonds is 2. The number of nitrogens with one attached hydrogen (secondary N) is 1. The largest absolute Gasteiger partial charge is 0.479 e. The van der Waals surface area contributed by atoms with Gasteiger partial charge in [-0.25, -0.2) is 0 Å². The van der Waals surface area contributed by atoms with Crippen molar-refractivity contribution in [2.75, 3.05) is 6.54 Å². The number of amides is 1. The van der Waals surface area contributed by atoms with E-state index in [0.29, 0.717) is 6.54 Å².